The van der Waals surface area contributed by atoms with Crippen LogP contribution in [0.4, 0.5) is 10.1 Å². The highest BCUT2D eigenvalue weighted by Crippen LogP contribution is 2.39. The van der Waals surface area contributed by atoms with Crippen molar-refractivity contribution in [3.05, 3.63) is 78.1 Å². The molecular weight excluding hydrogens is 513 g/mol. The minimum atomic E-state index is -1.33. The molecule has 2 amide bonds. The number of amides is 2. The number of carbonyl (C=O) groups is 2. The van der Waals surface area contributed by atoms with Crippen LogP contribution in [0, 0.1) is 5.82 Å². The van der Waals surface area contributed by atoms with Gasteiger partial charge < -0.3 is 14.8 Å². The number of ether oxygens (including phenoxy) is 2. The van der Waals surface area contributed by atoms with Crippen LogP contribution in [-0.2, 0) is 16.1 Å². The number of hydrogen-bond acceptors (Lipinski definition) is 6. The number of fused-ring (bicyclic) bond motifs is 1. The van der Waals surface area contributed by atoms with E-state index in [1.807, 2.05) is 18.2 Å². The molecule has 208 valence electrons. The van der Waals surface area contributed by atoms with Gasteiger partial charge in [-0.1, -0.05) is 54.8 Å². The quantitative estimate of drug-likeness (QED) is 0.324. The van der Waals surface area contributed by atoms with Gasteiger partial charge in [0, 0.05) is 17.7 Å². The summed E-state index contributed by atoms with van der Waals surface area (Å²) in [7, 11) is 2.97. The zero-order chi connectivity index (χ0) is 28.1. The van der Waals surface area contributed by atoms with Gasteiger partial charge in [0.15, 0.2) is 0 Å². The number of nitrogens with one attached hydrogen (secondary N) is 1. The first-order valence-electron chi connectivity index (χ1n) is 13.4. The molecular formula is C30H32FN5O4. The second-order valence-corrected chi connectivity index (χ2v) is 9.80. The molecule has 10 heteroatoms. The first-order valence-corrected chi connectivity index (χ1v) is 13.4. The lowest BCUT2D eigenvalue weighted by atomic mass is 9.94. The Morgan fingerprint density at radius 2 is 1.77 bits per heavy atom. The molecule has 0 saturated heterocycles. The average molecular weight is 546 g/mol. The Morgan fingerprint density at radius 1 is 1.02 bits per heavy atom. The van der Waals surface area contributed by atoms with Gasteiger partial charge in [-0.05, 0) is 43.2 Å². The normalized spacial score (nSPS) is 14.5. The first-order chi connectivity index (χ1) is 19.5. The standard InChI is InChI=1S/C30H32FN5O4/c1-39-21-16-17-27(40-2)26(18-21)36(28(37)19-35-25-15-9-8-14-24(25)33-34-35)29(22-12-6-7-13-23(22)31)30(38)32-20-10-4-3-5-11-20/h6-9,12-18,20,29H,3-5,10-11,19H2,1-2H3,(H,32,38)/t29-/m0/s1. The fourth-order valence-electron chi connectivity index (χ4n) is 5.26. The molecule has 1 saturated carbocycles. The summed E-state index contributed by atoms with van der Waals surface area (Å²) in [6, 6.07) is 16.8. The van der Waals surface area contributed by atoms with Crippen LogP contribution in [0.25, 0.3) is 11.0 Å². The lowest BCUT2D eigenvalue weighted by molar-refractivity contribution is -0.127. The minimum absolute atomic E-state index is 0.0565. The zero-order valence-electron chi connectivity index (χ0n) is 22.5. The molecule has 4 aromatic rings. The Balaban J connectivity index is 1.64. The van der Waals surface area contributed by atoms with Gasteiger partial charge in [-0.3, -0.25) is 14.5 Å². The van der Waals surface area contributed by atoms with Crippen LogP contribution in [0.2, 0.25) is 0 Å². The van der Waals surface area contributed by atoms with Crippen molar-refractivity contribution in [3.63, 3.8) is 0 Å². The number of carbonyl (C=O) groups excluding carboxylic acids is 2. The van der Waals surface area contributed by atoms with Crippen molar-refractivity contribution in [3.8, 4) is 11.5 Å². The summed E-state index contributed by atoms with van der Waals surface area (Å²) >= 11 is 0. The van der Waals surface area contributed by atoms with E-state index < -0.39 is 23.7 Å². The van der Waals surface area contributed by atoms with Crippen molar-refractivity contribution in [2.24, 2.45) is 0 Å². The number of methoxy groups -OCH3 is 2. The number of nitrogens with zero attached hydrogens (tertiary/aromatic N) is 4. The van der Waals surface area contributed by atoms with Gasteiger partial charge in [-0.25, -0.2) is 9.07 Å². The van der Waals surface area contributed by atoms with Crippen molar-refractivity contribution >= 4 is 28.5 Å². The Hall–Kier alpha value is -4.47. The third kappa shape index (κ3) is 5.61. The van der Waals surface area contributed by atoms with Gasteiger partial charge in [-0.15, -0.1) is 5.10 Å². The van der Waals surface area contributed by atoms with Gasteiger partial charge in [0.25, 0.3) is 0 Å². The second-order valence-electron chi connectivity index (χ2n) is 9.80. The van der Waals surface area contributed by atoms with Crippen molar-refractivity contribution in [2.75, 3.05) is 19.1 Å². The van der Waals surface area contributed by atoms with E-state index >= 15 is 4.39 Å². The van der Waals surface area contributed by atoms with Crippen LogP contribution in [0.1, 0.15) is 43.7 Å². The van der Waals surface area contributed by atoms with Crippen molar-refractivity contribution in [1.29, 1.82) is 0 Å². The first kappa shape index (κ1) is 27.1. The molecule has 1 aliphatic carbocycles. The van der Waals surface area contributed by atoms with Gasteiger partial charge in [-0.2, -0.15) is 0 Å². The molecule has 1 atom stereocenters. The predicted molar refractivity (Wildman–Crippen MR) is 149 cm³/mol. The fraction of sp³-hybridized carbons (Fsp3) is 0.333. The van der Waals surface area contributed by atoms with Gasteiger partial charge in [0.2, 0.25) is 11.8 Å². The Bertz CT molecular complexity index is 1500. The van der Waals surface area contributed by atoms with E-state index in [0.717, 1.165) is 32.1 Å². The van der Waals surface area contributed by atoms with E-state index in [0.29, 0.717) is 22.5 Å². The van der Waals surface area contributed by atoms with E-state index in [1.54, 1.807) is 36.4 Å². The van der Waals surface area contributed by atoms with Crippen molar-refractivity contribution in [1.82, 2.24) is 20.3 Å². The summed E-state index contributed by atoms with van der Waals surface area (Å²) in [4.78, 5) is 29.6. The molecule has 0 aliphatic heterocycles. The molecule has 40 heavy (non-hydrogen) atoms. The van der Waals surface area contributed by atoms with Crippen molar-refractivity contribution in [2.45, 2.75) is 50.7 Å². The summed E-state index contributed by atoms with van der Waals surface area (Å²) in [6.07, 6.45) is 4.77. The van der Waals surface area contributed by atoms with Crippen LogP contribution in [0.5, 0.6) is 11.5 Å². The molecule has 0 spiro atoms. The number of anilines is 1. The van der Waals surface area contributed by atoms with E-state index in [4.69, 9.17) is 9.47 Å². The maximum atomic E-state index is 15.4. The number of halogens is 1. The largest absolute Gasteiger partial charge is 0.497 e. The van der Waals surface area contributed by atoms with Gasteiger partial charge >= 0.3 is 0 Å². The number of hydrogen-bond donors (Lipinski definition) is 1. The smallest absolute Gasteiger partial charge is 0.249 e. The number of para-hydroxylation sites is 1. The van der Waals surface area contributed by atoms with Crippen LogP contribution in [0.15, 0.2) is 66.7 Å². The molecule has 1 aliphatic rings. The summed E-state index contributed by atoms with van der Waals surface area (Å²) in [5, 5.41) is 11.4. The molecule has 5 rings (SSSR count). The fourth-order valence-corrected chi connectivity index (χ4v) is 5.26. The lowest BCUT2D eigenvalue weighted by Crippen LogP contribution is -2.48. The van der Waals surface area contributed by atoms with Gasteiger partial charge in [0.1, 0.15) is 35.4 Å². The van der Waals surface area contributed by atoms with E-state index in [2.05, 4.69) is 15.6 Å². The highest BCUT2D eigenvalue weighted by atomic mass is 19.1. The summed E-state index contributed by atoms with van der Waals surface area (Å²) in [5.41, 5.74) is 1.62. The average Bonchev–Trinajstić information content (AvgIpc) is 3.39. The topological polar surface area (TPSA) is 98.6 Å². The highest BCUT2D eigenvalue weighted by molar-refractivity contribution is 6.03. The predicted octanol–water partition coefficient (Wildman–Crippen LogP) is 4.81. The molecule has 1 N–H and O–H groups in total. The van der Waals surface area contributed by atoms with E-state index in [1.165, 1.54) is 35.9 Å². The summed E-state index contributed by atoms with van der Waals surface area (Å²) in [5.74, 6) is -0.811. The Labute approximate surface area is 231 Å². The summed E-state index contributed by atoms with van der Waals surface area (Å²) < 4.78 is 28.0. The van der Waals surface area contributed by atoms with Crippen molar-refractivity contribution < 1.29 is 23.5 Å². The molecule has 9 nitrogen and oxygen atoms in total. The Morgan fingerprint density at radius 3 is 2.52 bits per heavy atom. The van der Waals surface area contributed by atoms with Crippen LogP contribution in [0.3, 0.4) is 0 Å². The van der Waals surface area contributed by atoms with E-state index in [9.17, 15) is 9.59 Å². The maximum Gasteiger partial charge on any atom is 0.249 e. The maximum absolute atomic E-state index is 15.4. The molecule has 3 aromatic carbocycles. The van der Waals surface area contributed by atoms with Crippen LogP contribution < -0.4 is 19.7 Å². The number of rotatable bonds is 9. The molecule has 1 heterocycles. The number of aromatic nitrogens is 3. The SMILES string of the molecule is COc1ccc(OC)c(N(C(=O)Cn2nnc3ccccc32)[C@H](C(=O)NC2CCCCC2)c2ccccc2F)c1. The molecule has 1 aromatic heterocycles. The molecule has 1 fully saturated rings. The molecule has 0 unspecified atom stereocenters. The van der Waals surface area contributed by atoms with E-state index in [-0.39, 0.29) is 23.8 Å². The second kappa shape index (κ2) is 12.1. The molecule has 0 radical (unpaired) electrons. The lowest BCUT2D eigenvalue weighted by Gasteiger charge is -2.34. The van der Waals surface area contributed by atoms with Crippen LogP contribution >= 0.6 is 0 Å². The van der Waals surface area contributed by atoms with Gasteiger partial charge in [0.05, 0.1) is 25.4 Å². The van der Waals surface area contributed by atoms with Crippen LogP contribution in [-0.4, -0.2) is 47.1 Å². The highest BCUT2D eigenvalue weighted by Gasteiger charge is 2.37. The zero-order valence-corrected chi connectivity index (χ0v) is 22.5. The number of benzene rings is 3. The minimum Gasteiger partial charge on any atom is -0.497 e. The third-order valence-corrected chi connectivity index (χ3v) is 7.28. The monoisotopic (exact) mass is 545 g/mol. The Kier molecular flexibility index (Phi) is 8.23. The molecule has 0 bridgehead atoms. The summed E-state index contributed by atoms with van der Waals surface area (Å²) in [6.45, 7) is -0.247. The third-order valence-electron chi connectivity index (χ3n) is 7.28.